The summed E-state index contributed by atoms with van der Waals surface area (Å²) in [4.78, 5) is 22.1. The maximum absolute atomic E-state index is 11.8. The molecule has 0 atom stereocenters. The van der Waals surface area contributed by atoms with Crippen molar-refractivity contribution in [3.63, 3.8) is 0 Å². The molecule has 3 rings (SSSR count). The van der Waals surface area contributed by atoms with E-state index in [0.29, 0.717) is 29.1 Å². The van der Waals surface area contributed by atoms with Crippen LogP contribution >= 0.6 is 0 Å². The Morgan fingerprint density at radius 3 is 2.61 bits per heavy atom. The van der Waals surface area contributed by atoms with Crippen molar-refractivity contribution in [3.8, 4) is 17.1 Å². The molecule has 0 saturated carbocycles. The molecule has 3 aromatic rings. The number of nitrogens with zero attached hydrogens (tertiary/aromatic N) is 2. The maximum atomic E-state index is 11.8. The number of hydrogen-bond acceptors (Lipinski definition) is 6. The summed E-state index contributed by atoms with van der Waals surface area (Å²) >= 11 is 0. The molecule has 8 heteroatoms. The summed E-state index contributed by atoms with van der Waals surface area (Å²) in [5, 5.41) is 24.2. The first kappa shape index (κ1) is 18.8. The number of carbonyl (C=O) groups excluding carboxylic acids is 1. The highest BCUT2D eigenvalue weighted by Gasteiger charge is 2.08. The van der Waals surface area contributed by atoms with Crippen LogP contribution in [-0.2, 0) is 11.2 Å². The van der Waals surface area contributed by atoms with Crippen molar-refractivity contribution in [2.75, 3.05) is 0 Å². The largest absolute Gasteiger partial charge is 0.508 e. The van der Waals surface area contributed by atoms with Crippen LogP contribution in [0.3, 0.4) is 0 Å². The van der Waals surface area contributed by atoms with E-state index in [1.54, 1.807) is 48.5 Å². The number of benzene rings is 2. The molecule has 0 spiro atoms. The van der Waals surface area contributed by atoms with Crippen LogP contribution in [0.25, 0.3) is 11.3 Å². The minimum absolute atomic E-state index is 0.00336. The van der Waals surface area contributed by atoms with Crippen molar-refractivity contribution in [2.45, 2.75) is 12.8 Å². The van der Waals surface area contributed by atoms with Gasteiger partial charge in [-0.1, -0.05) is 18.2 Å². The average Bonchev–Trinajstić information content (AvgIpc) is 3.16. The third-order valence-electron chi connectivity index (χ3n) is 3.98. The standard InChI is InChI=1S/C20H17N3O5/c24-18-4-2-1-3-14(18)7-12-20(25)22-21-13-17-10-11-19(28-17)15-5-8-16(9-6-15)23(26)27/h1-6,8-11,13,24H,7,12H2,(H,22,25). The van der Waals surface area contributed by atoms with E-state index in [1.807, 2.05) is 0 Å². The number of para-hydroxylation sites is 1. The summed E-state index contributed by atoms with van der Waals surface area (Å²) in [5.74, 6) is 0.825. The van der Waals surface area contributed by atoms with E-state index in [9.17, 15) is 20.0 Å². The summed E-state index contributed by atoms with van der Waals surface area (Å²) in [6, 6.07) is 16.2. The number of phenols is 1. The lowest BCUT2D eigenvalue weighted by Gasteiger charge is -2.03. The molecule has 0 unspecified atom stereocenters. The molecule has 0 bridgehead atoms. The second kappa shape index (κ2) is 8.63. The molecule has 1 aromatic heterocycles. The smallest absolute Gasteiger partial charge is 0.269 e. The van der Waals surface area contributed by atoms with Gasteiger partial charge in [-0.2, -0.15) is 5.10 Å². The minimum Gasteiger partial charge on any atom is -0.508 e. The number of nitrogens with one attached hydrogen (secondary N) is 1. The zero-order chi connectivity index (χ0) is 19.9. The number of carbonyl (C=O) groups is 1. The fraction of sp³-hybridized carbons (Fsp3) is 0.100. The van der Waals surface area contributed by atoms with Gasteiger partial charge >= 0.3 is 0 Å². The second-order valence-corrected chi connectivity index (χ2v) is 5.93. The number of aryl methyl sites for hydroxylation is 1. The summed E-state index contributed by atoms with van der Waals surface area (Å²) in [5.41, 5.74) is 3.79. The third-order valence-corrected chi connectivity index (χ3v) is 3.98. The van der Waals surface area contributed by atoms with Crippen molar-refractivity contribution in [1.82, 2.24) is 5.43 Å². The van der Waals surface area contributed by atoms with Crippen LogP contribution < -0.4 is 5.43 Å². The number of aromatic hydroxyl groups is 1. The first-order chi connectivity index (χ1) is 13.5. The van der Waals surface area contributed by atoms with Crippen LogP contribution in [0.1, 0.15) is 17.7 Å². The van der Waals surface area contributed by atoms with Gasteiger partial charge in [-0.15, -0.1) is 0 Å². The lowest BCUT2D eigenvalue weighted by Crippen LogP contribution is -2.17. The van der Waals surface area contributed by atoms with E-state index in [4.69, 9.17) is 4.42 Å². The number of non-ortho nitro benzene ring substituents is 1. The van der Waals surface area contributed by atoms with Gasteiger partial charge in [0.05, 0.1) is 11.1 Å². The molecule has 0 aliphatic heterocycles. The fourth-order valence-electron chi connectivity index (χ4n) is 2.52. The summed E-state index contributed by atoms with van der Waals surface area (Å²) in [7, 11) is 0. The molecule has 0 radical (unpaired) electrons. The lowest BCUT2D eigenvalue weighted by atomic mass is 10.1. The van der Waals surface area contributed by atoms with E-state index >= 15 is 0 Å². The number of hydrazone groups is 1. The minimum atomic E-state index is -0.466. The first-order valence-electron chi connectivity index (χ1n) is 8.46. The van der Waals surface area contributed by atoms with Crippen molar-refractivity contribution >= 4 is 17.8 Å². The predicted octanol–water partition coefficient (Wildman–Crippen LogP) is 3.64. The van der Waals surface area contributed by atoms with Gasteiger partial charge < -0.3 is 9.52 Å². The quantitative estimate of drug-likeness (QED) is 0.369. The topological polar surface area (TPSA) is 118 Å². The highest BCUT2D eigenvalue weighted by atomic mass is 16.6. The first-order valence-corrected chi connectivity index (χ1v) is 8.46. The van der Waals surface area contributed by atoms with Gasteiger partial charge in [-0.3, -0.25) is 14.9 Å². The molecule has 0 saturated heterocycles. The molecule has 142 valence electrons. The molecule has 2 aromatic carbocycles. The fourth-order valence-corrected chi connectivity index (χ4v) is 2.52. The van der Waals surface area contributed by atoms with E-state index in [2.05, 4.69) is 10.5 Å². The number of amides is 1. The number of nitro groups is 1. The maximum Gasteiger partial charge on any atom is 0.269 e. The van der Waals surface area contributed by atoms with Gasteiger partial charge in [0.2, 0.25) is 5.91 Å². The van der Waals surface area contributed by atoms with Crippen molar-refractivity contribution in [3.05, 3.63) is 82.1 Å². The summed E-state index contributed by atoms with van der Waals surface area (Å²) < 4.78 is 5.59. The Labute approximate surface area is 160 Å². The Morgan fingerprint density at radius 1 is 1.14 bits per heavy atom. The van der Waals surface area contributed by atoms with Crippen LogP contribution in [0, 0.1) is 10.1 Å². The van der Waals surface area contributed by atoms with Crippen LogP contribution in [0.5, 0.6) is 5.75 Å². The summed E-state index contributed by atoms with van der Waals surface area (Å²) in [6.07, 6.45) is 1.95. The van der Waals surface area contributed by atoms with Crippen LogP contribution in [-0.4, -0.2) is 22.2 Å². The Morgan fingerprint density at radius 2 is 1.89 bits per heavy atom. The highest BCUT2D eigenvalue weighted by Crippen LogP contribution is 2.24. The second-order valence-electron chi connectivity index (χ2n) is 5.93. The SMILES string of the molecule is O=C(CCc1ccccc1O)NN=Cc1ccc(-c2ccc([N+](=O)[O-])cc2)o1. The van der Waals surface area contributed by atoms with Gasteiger partial charge in [-0.05, 0) is 42.3 Å². The predicted molar refractivity (Wildman–Crippen MR) is 103 cm³/mol. The number of nitro benzene ring substituents is 1. The normalized spacial score (nSPS) is 10.9. The van der Waals surface area contributed by atoms with Crippen molar-refractivity contribution in [2.24, 2.45) is 5.10 Å². The van der Waals surface area contributed by atoms with Gasteiger partial charge in [0.1, 0.15) is 17.3 Å². The zero-order valence-electron chi connectivity index (χ0n) is 14.7. The van der Waals surface area contributed by atoms with Crippen LogP contribution in [0.15, 0.2) is 70.2 Å². The Kier molecular flexibility index (Phi) is 5.81. The van der Waals surface area contributed by atoms with E-state index in [-0.39, 0.29) is 23.8 Å². The molecular formula is C20H17N3O5. The van der Waals surface area contributed by atoms with Crippen LogP contribution in [0.2, 0.25) is 0 Å². The average molecular weight is 379 g/mol. The monoisotopic (exact) mass is 379 g/mol. The van der Waals surface area contributed by atoms with Gasteiger partial charge in [0.15, 0.2) is 0 Å². The van der Waals surface area contributed by atoms with E-state index in [1.165, 1.54) is 18.3 Å². The van der Waals surface area contributed by atoms with Crippen molar-refractivity contribution in [1.29, 1.82) is 0 Å². The number of phenolic OH excluding ortho intramolecular Hbond substituents is 1. The Balaban J connectivity index is 1.53. The highest BCUT2D eigenvalue weighted by molar-refractivity contribution is 5.81. The zero-order valence-corrected chi connectivity index (χ0v) is 14.7. The number of rotatable bonds is 7. The molecular weight excluding hydrogens is 362 g/mol. The van der Waals surface area contributed by atoms with Gasteiger partial charge in [-0.25, -0.2) is 5.43 Å². The third kappa shape index (κ3) is 4.82. The van der Waals surface area contributed by atoms with E-state index in [0.717, 1.165) is 0 Å². The molecule has 0 aliphatic carbocycles. The van der Waals surface area contributed by atoms with Gasteiger partial charge in [0, 0.05) is 24.1 Å². The Bertz CT molecular complexity index is 1010. The van der Waals surface area contributed by atoms with Gasteiger partial charge in [0.25, 0.3) is 5.69 Å². The Hall–Kier alpha value is -3.94. The molecule has 8 nitrogen and oxygen atoms in total. The molecule has 0 fully saturated rings. The molecule has 1 heterocycles. The molecule has 2 N–H and O–H groups in total. The molecule has 28 heavy (non-hydrogen) atoms. The van der Waals surface area contributed by atoms with E-state index < -0.39 is 4.92 Å². The lowest BCUT2D eigenvalue weighted by molar-refractivity contribution is -0.384. The number of furan rings is 1. The molecule has 0 aliphatic rings. The number of hydrogen-bond donors (Lipinski definition) is 2. The van der Waals surface area contributed by atoms with Crippen molar-refractivity contribution < 1.29 is 19.2 Å². The summed E-state index contributed by atoms with van der Waals surface area (Å²) in [6.45, 7) is 0. The van der Waals surface area contributed by atoms with Crippen LogP contribution in [0.4, 0.5) is 5.69 Å². The molecule has 1 amide bonds.